The highest BCUT2D eigenvalue weighted by molar-refractivity contribution is 5.93. The van der Waals surface area contributed by atoms with Crippen molar-refractivity contribution in [2.75, 3.05) is 12.4 Å². The molecule has 0 spiro atoms. The number of nitrogens with one attached hydrogen (secondary N) is 1. The van der Waals surface area contributed by atoms with Gasteiger partial charge in [0, 0.05) is 17.3 Å². The van der Waals surface area contributed by atoms with Gasteiger partial charge in [0.25, 0.3) is 0 Å². The summed E-state index contributed by atoms with van der Waals surface area (Å²) in [7, 11) is 1.55. The summed E-state index contributed by atoms with van der Waals surface area (Å²) >= 11 is 0. The number of methoxy groups -OCH3 is 1. The maximum absolute atomic E-state index is 12.7. The molecule has 1 N–H and O–H groups in total. The average Bonchev–Trinajstić information content (AvgIpc) is 2.70. The molecule has 1 unspecified atom stereocenters. The molecule has 7 nitrogen and oxygen atoms in total. The molecular weight excluding hydrogens is 344 g/mol. The highest BCUT2D eigenvalue weighted by atomic mass is 16.5. The summed E-state index contributed by atoms with van der Waals surface area (Å²) in [6, 6.07) is 15.5. The quantitative estimate of drug-likeness (QED) is 0.727. The fraction of sp³-hybridized carbons (Fsp3) is 0.200. The number of amides is 1. The normalized spacial score (nSPS) is 11.6. The van der Waals surface area contributed by atoms with Crippen LogP contribution >= 0.6 is 0 Å². The van der Waals surface area contributed by atoms with Crippen LogP contribution in [0.5, 0.6) is 5.75 Å². The standard InChI is InChI=1S/C20H20N4O3/c1-3-18(19(25)22-15-10-7-11-16(12-15)27-2)24-20(26)23-17(13-21-24)14-8-5-4-6-9-14/h4-13,18H,3H2,1-2H3,(H,22,25). The number of rotatable bonds is 6. The predicted molar refractivity (Wildman–Crippen MR) is 103 cm³/mol. The van der Waals surface area contributed by atoms with Gasteiger partial charge in [0.15, 0.2) is 0 Å². The Bertz CT molecular complexity index is 986. The monoisotopic (exact) mass is 364 g/mol. The number of carbonyl (C=O) groups excluding carboxylic acids is 1. The van der Waals surface area contributed by atoms with Crippen molar-refractivity contribution in [1.82, 2.24) is 14.8 Å². The second kappa shape index (κ2) is 8.27. The highest BCUT2D eigenvalue weighted by Gasteiger charge is 2.22. The van der Waals surface area contributed by atoms with Gasteiger partial charge < -0.3 is 10.1 Å². The van der Waals surface area contributed by atoms with Crippen molar-refractivity contribution < 1.29 is 9.53 Å². The van der Waals surface area contributed by atoms with E-state index in [0.717, 1.165) is 10.2 Å². The average molecular weight is 364 g/mol. The fourth-order valence-electron chi connectivity index (χ4n) is 2.71. The third-order valence-corrected chi connectivity index (χ3v) is 4.11. The molecule has 0 saturated carbocycles. The summed E-state index contributed by atoms with van der Waals surface area (Å²) in [6.07, 6.45) is 1.90. The van der Waals surface area contributed by atoms with E-state index in [9.17, 15) is 9.59 Å². The van der Waals surface area contributed by atoms with E-state index in [1.54, 1.807) is 31.4 Å². The molecule has 27 heavy (non-hydrogen) atoms. The van der Waals surface area contributed by atoms with Crippen molar-refractivity contribution in [3.63, 3.8) is 0 Å². The van der Waals surface area contributed by atoms with Gasteiger partial charge in [-0.15, -0.1) is 0 Å². The summed E-state index contributed by atoms with van der Waals surface area (Å²) in [5.74, 6) is 0.291. The molecule has 3 aromatic rings. The van der Waals surface area contributed by atoms with Crippen molar-refractivity contribution in [1.29, 1.82) is 0 Å². The van der Waals surface area contributed by atoms with E-state index >= 15 is 0 Å². The molecule has 7 heteroatoms. The number of benzene rings is 2. The summed E-state index contributed by atoms with van der Waals surface area (Å²) < 4.78 is 6.27. The molecule has 3 rings (SSSR count). The number of ether oxygens (including phenoxy) is 1. The number of hydrogen-bond acceptors (Lipinski definition) is 5. The van der Waals surface area contributed by atoms with Gasteiger partial charge in [-0.1, -0.05) is 43.3 Å². The zero-order valence-electron chi connectivity index (χ0n) is 15.1. The van der Waals surface area contributed by atoms with Crippen LogP contribution in [0.4, 0.5) is 5.69 Å². The second-order valence-electron chi connectivity index (χ2n) is 5.88. The predicted octanol–water partition coefficient (Wildman–Crippen LogP) is 2.90. The molecule has 0 saturated heterocycles. The molecule has 1 amide bonds. The van der Waals surface area contributed by atoms with Crippen LogP contribution in [0.3, 0.4) is 0 Å². The fourth-order valence-corrected chi connectivity index (χ4v) is 2.71. The molecule has 0 fully saturated rings. The van der Waals surface area contributed by atoms with Crippen molar-refractivity contribution in [3.8, 4) is 17.0 Å². The molecule has 1 atom stereocenters. The first-order chi connectivity index (χ1) is 13.1. The van der Waals surface area contributed by atoms with E-state index in [2.05, 4.69) is 15.4 Å². The Hall–Kier alpha value is -3.48. The van der Waals surface area contributed by atoms with E-state index in [-0.39, 0.29) is 5.91 Å². The zero-order chi connectivity index (χ0) is 19.2. The van der Waals surface area contributed by atoms with Crippen LogP contribution in [0.1, 0.15) is 19.4 Å². The zero-order valence-corrected chi connectivity index (χ0v) is 15.1. The Morgan fingerprint density at radius 2 is 1.96 bits per heavy atom. The van der Waals surface area contributed by atoms with Crippen LogP contribution in [0.25, 0.3) is 11.3 Å². The minimum Gasteiger partial charge on any atom is -0.497 e. The number of hydrogen-bond donors (Lipinski definition) is 1. The van der Waals surface area contributed by atoms with Gasteiger partial charge in [-0.2, -0.15) is 10.1 Å². The van der Waals surface area contributed by atoms with Crippen LogP contribution < -0.4 is 15.7 Å². The molecular formula is C20H20N4O3. The van der Waals surface area contributed by atoms with Crippen LogP contribution in [0.2, 0.25) is 0 Å². The Morgan fingerprint density at radius 1 is 1.19 bits per heavy atom. The van der Waals surface area contributed by atoms with E-state index < -0.39 is 11.7 Å². The molecule has 0 aliphatic rings. The van der Waals surface area contributed by atoms with Crippen molar-refractivity contribution >= 4 is 11.6 Å². The maximum Gasteiger partial charge on any atom is 0.365 e. The van der Waals surface area contributed by atoms with E-state index in [0.29, 0.717) is 23.6 Å². The number of carbonyl (C=O) groups is 1. The molecule has 0 aliphatic carbocycles. The molecule has 0 aliphatic heterocycles. The van der Waals surface area contributed by atoms with E-state index in [1.807, 2.05) is 37.3 Å². The molecule has 1 aromatic heterocycles. The van der Waals surface area contributed by atoms with Crippen molar-refractivity contribution in [3.05, 3.63) is 71.3 Å². The summed E-state index contributed by atoms with van der Waals surface area (Å²) in [5.41, 5.74) is 1.28. The largest absolute Gasteiger partial charge is 0.497 e. The SMILES string of the molecule is CCC(C(=O)Nc1cccc(OC)c1)n1ncc(-c2ccccc2)nc1=O. The van der Waals surface area contributed by atoms with Crippen LogP contribution in [0.15, 0.2) is 65.6 Å². The van der Waals surface area contributed by atoms with Crippen LogP contribution in [-0.4, -0.2) is 27.8 Å². The highest BCUT2D eigenvalue weighted by Crippen LogP contribution is 2.19. The Morgan fingerprint density at radius 3 is 2.63 bits per heavy atom. The smallest absolute Gasteiger partial charge is 0.365 e. The molecule has 138 valence electrons. The van der Waals surface area contributed by atoms with Crippen molar-refractivity contribution in [2.45, 2.75) is 19.4 Å². The van der Waals surface area contributed by atoms with Gasteiger partial charge in [-0.25, -0.2) is 9.48 Å². The minimum atomic E-state index is -0.763. The molecule has 0 radical (unpaired) electrons. The lowest BCUT2D eigenvalue weighted by Crippen LogP contribution is -2.36. The van der Waals surface area contributed by atoms with Gasteiger partial charge in [0.2, 0.25) is 5.91 Å². The lowest BCUT2D eigenvalue weighted by Gasteiger charge is -2.16. The van der Waals surface area contributed by atoms with Gasteiger partial charge in [-0.3, -0.25) is 4.79 Å². The van der Waals surface area contributed by atoms with Crippen molar-refractivity contribution in [2.24, 2.45) is 0 Å². The third kappa shape index (κ3) is 4.20. The van der Waals surface area contributed by atoms with E-state index in [1.165, 1.54) is 6.20 Å². The molecule has 0 bridgehead atoms. The molecule has 1 heterocycles. The Labute approximate surface area is 156 Å². The lowest BCUT2D eigenvalue weighted by atomic mass is 10.2. The van der Waals surface area contributed by atoms with Crippen LogP contribution in [0, 0.1) is 0 Å². The van der Waals surface area contributed by atoms with Gasteiger partial charge in [-0.05, 0) is 18.6 Å². The summed E-state index contributed by atoms with van der Waals surface area (Å²) in [6.45, 7) is 1.81. The van der Waals surface area contributed by atoms with Crippen LogP contribution in [-0.2, 0) is 4.79 Å². The minimum absolute atomic E-state index is 0.338. The Balaban J connectivity index is 1.84. The van der Waals surface area contributed by atoms with Gasteiger partial charge in [0.05, 0.1) is 19.0 Å². The number of nitrogens with zero attached hydrogens (tertiary/aromatic N) is 3. The first-order valence-corrected chi connectivity index (χ1v) is 8.58. The lowest BCUT2D eigenvalue weighted by molar-refractivity contribution is -0.119. The summed E-state index contributed by atoms with van der Waals surface area (Å²) in [5, 5.41) is 6.97. The first-order valence-electron chi connectivity index (χ1n) is 8.58. The summed E-state index contributed by atoms with van der Waals surface area (Å²) in [4.78, 5) is 29.2. The third-order valence-electron chi connectivity index (χ3n) is 4.11. The first kappa shape index (κ1) is 18.3. The topological polar surface area (TPSA) is 86.1 Å². The maximum atomic E-state index is 12.7. The van der Waals surface area contributed by atoms with E-state index in [4.69, 9.17) is 4.74 Å². The Kier molecular flexibility index (Phi) is 5.61. The molecule has 2 aromatic carbocycles. The van der Waals surface area contributed by atoms with Gasteiger partial charge >= 0.3 is 5.69 Å². The number of aromatic nitrogens is 3. The second-order valence-corrected chi connectivity index (χ2v) is 5.88. The number of anilines is 1. The van der Waals surface area contributed by atoms with Gasteiger partial charge in [0.1, 0.15) is 11.8 Å².